The van der Waals surface area contributed by atoms with Crippen LogP contribution in [0.25, 0.3) is 10.9 Å². The van der Waals surface area contributed by atoms with Gasteiger partial charge in [0.1, 0.15) is 0 Å². The summed E-state index contributed by atoms with van der Waals surface area (Å²) in [5.74, 6) is 0.0392. The summed E-state index contributed by atoms with van der Waals surface area (Å²) in [6, 6.07) is 8.05. The number of nitrogens with one attached hydrogen (secondary N) is 3. The van der Waals surface area contributed by atoms with Gasteiger partial charge in [-0.25, -0.2) is 0 Å². The molecule has 0 saturated carbocycles. The standard InChI is InChI=1S/C14H19N3O/c1-10(15-2)14(18)16-8-7-11-9-17-13-6-4-3-5-12(11)13/h3-6,9-10,15,17H,7-8H2,1-2H3,(H,16,18). The highest BCUT2D eigenvalue weighted by atomic mass is 16.2. The number of amides is 1. The van der Waals surface area contributed by atoms with Gasteiger partial charge in [0, 0.05) is 23.6 Å². The van der Waals surface area contributed by atoms with Crippen molar-refractivity contribution in [1.82, 2.24) is 15.6 Å². The molecule has 4 heteroatoms. The van der Waals surface area contributed by atoms with Crippen LogP contribution in [0.4, 0.5) is 0 Å². The van der Waals surface area contributed by atoms with Gasteiger partial charge in [-0.15, -0.1) is 0 Å². The van der Waals surface area contributed by atoms with E-state index in [2.05, 4.69) is 27.8 Å². The average Bonchev–Trinajstić information content (AvgIpc) is 2.81. The van der Waals surface area contributed by atoms with Crippen LogP contribution in [-0.4, -0.2) is 30.5 Å². The van der Waals surface area contributed by atoms with E-state index in [0.29, 0.717) is 6.54 Å². The highest BCUT2D eigenvalue weighted by Crippen LogP contribution is 2.17. The van der Waals surface area contributed by atoms with Gasteiger partial charge in [0.15, 0.2) is 0 Å². The smallest absolute Gasteiger partial charge is 0.236 e. The van der Waals surface area contributed by atoms with Crippen LogP contribution in [0, 0.1) is 0 Å². The van der Waals surface area contributed by atoms with Crippen molar-refractivity contribution in [2.24, 2.45) is 0 Å². The molecule has 1 unspecified atom stereocenters. The van der Waals surface area contributed by atoms with E-state index in [4.69, 9.17) is 0 Å². The van der Waals surface area contributed by atoms with E-state index in [1.54, 1.807) is 7.05 Å². The zero-order valence-electron chi connectivity index (χ0n) is 10.8. The number of likely N-dealkylation sites (N-methyl/N-ethyl adjacent to an activating group) is 1. The first kappa shape index (κ1) is 12.6. The molecule has 1 aromatic carbocycles. The van der Waals surface area contributed by atoms with Gasteiger partial charge < -0.3 is 15.6 Å². The third-order valence-electron chi connectivity index (χ3n) is 3.19. The second-order valence-corrected chi connectivity index (χ2v) is 4.41. The lowest BCUT2D eigenvalue weighted by Gasteiger charge is -2.10. The molecule has 96 valence electrons. The van der Waals surface area contributed by atoms with E-state index in [9.17, 15) is 4.79 Å². The first-order valence-corrected chi connectivity index (χ1v) is 6.22. The van der Waals surface area contributed by atoms with Crippen molar-refractivity contribution in [2.75, 3.05) is 13.6 Å². The molecular weight excluding hydrogens is 226 g/mol. The predicted molar refractivity (Wildman–Crippen MR) is 73.5 cm³/mol. The van der Waals surface area contributed by atoms with Crippen molar-refractivity contribution in [2.45, 2.75) is 19.4 Å². The average molecular weight is 245 g/mol. The number of hydrogen-bond acceptors (Lipinski definition) is 2. The van der Waals surface area contributed by atoms with E-state index in [-0.39, 0.29) is 11.9 Å². The van der Waals surface area contributed by atoms with Gasteiger partial charge in [-0.2, -0.15) is 0 Å². The second-order valence-electron chi connectivity index (χ2n) is 4.41. The fourth-order valence-corrected chi connectivity index (χ4v) is 1.94. The molecule has 0 fully saturated rings. The Labute approximate surface area is 107 Å². The molecule has 2 rings (SSSR count). The second kappa shape index (κ2) is 5.69. The Morgan fingerprint density at radius 2 is 2.17 bits per heavy atom. The lowest BCUT2D eigenvalue weighted by molar-refractivity contribution is -0.122. The maximum Gasteiger partial charge on any atom is 0.236 e. The molecular formula is C14H19N3O. The maximum absolute atomic E-state index is 11.6. The fraction of sp³-hybridized carbons (Fsp3) is 0.357. The number of H-pyrrole nitrogens is 1. The molecule has 0 saturated heterocycles. The molecule has 1 heterocycles. The van der Waals surface area contributed by atoms with Crippen LogP contribution in [-0.2, 0) is 11.2 Å². The summed E-state index contributed by atoms with van der Waals surface area (Å²) in [4.78, 5) is 14.8. The molecule has 0 radical (unpaired) electrons. The SMILES string of the molecule is CNC(C)C(=O)NCCc1c[nH]c2ccccc12. The van der Waals surface area contributed by atoms with Gasteiger partial charge in [-0.05, 0) is 32.0 Å². The number of aromatic nitrogens is 1. The largest absolute Gasteiger partial charge is 0.361 e. The lowest BCUT2D eigenvalue weighted by Crippen LogP contribution is -2.41. The van der Waals surface area contributed by atoms with Crippen LogP contribution in [0.2, 0.25) is 0 Å². The van der Waals surface area contributed by atoms with Crippen LogP contribution >= 0.6 is 0 Å². The molecule has 1 amide bonds. The molecule has 1 aromatic heterocycles. The van der Waals surface area contributed by atoms with E-state index in [1.165, 1.54) is 10.9 Å². The van der Waals surface area contributed by atoms with Crippen molar-refractivity contribution in [3.8, 4) is 0 Å². The number of carbonyl (C=O) groups is 1. The number of fused-ring (bicyclic) bond motifs is 1. The first-order chi connectivity index (χ1) is 8.72. The first-order valence-electron chi connectivity index (χ1n) is 6.22. The molecule has 2 aromatic rings. The third kappa shape index (κ3) is 2.71. The number of benzene rings is 1. The third-order valence-corrected chi connectivity index (χ3v) is 3.19. The van der Waals surface area contributed by atoms with E-state index in [0.717, 1.165) is 11.9 Å². The van der Waals surface area contributed by atoms with Crippen LogP contribution < -0.4 is 10.6 Å². The quantitative estimate of drug-likeness (QED) is 0.746. The topological polar surface area (TPSA) is 56.9 Å². The minimum Gasteiger partial charge on any atom is -0.361 e. The van der Waals surface area contributed by atoms with E-state index in [1.807, 2.05) is 25.3 Å². The summed E-state index contributed by atoms with van der Waals surface area (Å²) in [7, 11) is 1.78. The summed E-state index contributed by atoms with van der Waals surface area (Å²) in [6.45, 7) is 2.51. The molecule has 4 nitrogen and oxygen atoms in total. The van der Waals surface area contributed by atoms with Gasteiger partial charge >= 0.3 is 0 Å². The molecule has 0 aliphatic heterocycles. The van der Waals surface area contributed by atoms with Crippen molar-refractivity contribution in [1.29, 1.82) is 0 Å². The molecule has 18 heavy (non-hydrogen) atoms. The van der Waals surface area contributed by atoms with Crippen LogP contribution in [0.5, 0.6) is 0 Å². The van der Waals surface area contributed by atoms with Crippen molar-refractivity contribution in [3.05, 3.63) is 36.0 Å². The lowest BCUT2D eigenvalue weighted by atomic mass is 10.1. The fourth-order valence-electron chi connectivity index (χ4n) is 1.94. The highest BCUT2D eigenvalue weighted by molar-refractivity contribution is 5.83. The van der Waals surface area contributed by atoms with Gasteiger partial charge in [0.2, 0.25) is 5.91 Å². The number of carbonyl (C=O) groups excluding carboxylic acids is 1. The van der Waals surface area contributed by atoms with E-state index < -0.39 is 0 Å². The number of hydrogen-bond donors (Lipinski definition) is 3. The monoisotopic (exact) mass is 245 g/mol. The van der Waals surface area contributed by atoms with Gasteiger partial charge in [-0.3, -0.25) is 4.79 Å². The van der Waals surface area contributed by atoms with Gasteiger partial charge in [-0.1, -0.05) is 18.2 Å². The van der Waals surface area contributed by atoms with Gasteiger partial charge in [0.05, 0.1) is 6.04 Å². The Morgan fingerprint density at radius 1 is 1.39 bits per heavy atom. The number of aromatic amines is 1. The predicted octanol–water partition coefficient (Wildman–Crippen LogP) is 1.43. The molecule has 0 bridgehead atoms. The van der Waals surface area contributed by atoms with Crippen LogP contribution in [0.15, 0.2) is 30.5 Å². The Morgan fingerprint density at radius 3 is 2.94 bits per heavy atom. The summed E-state index contributed by atoms with van der Waals surface area (Å²) in [5.41, 5.74) is 2.38. The zero-order chi connectivity index (χ0) is 13.0. The van der Waals surface area contributed by atoms with Crippen LogP contribution in [0.3, 0.4) is 0 Å². The molecule has 0 aliphatic carbocycles. The number of rotatable bonds is 5. The van der Waals surface area contributed by atoms with Crippen molar-refractivity contribution < 1.29 is 4.79 Å². The number of para-hydroxylation sites is 1. The molecule has 0 spiro atoms. The summed E-state index contributed by atoms with van der Waals surface area (Å²) >= 11 is 0. The minimum absolute atomic E-state index is 0.0392. The molecule has 1 atom stereocenters. The van der Waals surface area contributed by atoms with E-state index >= 15 is 0 Å². The Balaban J connectivity index is 1.93. The van der Waals surface area contributed by atoms with Crippen LogP contribution in [0.1, 0.15) is 12.5 Å². The normalized spacial score (nSPS) is 12.6. The van der Waals surface area contributed by atoms with Gasteiger partial charge in [0.25, 0.3) is 0 Å². The summed E-state index contributed by atoms with van der Waals surface area (Å²) in [5, 5.41) is 7.07. The minimum atomic E-state index is -0.145. The zero-order valence-corrected chi connectivity index (χ0v) is 10.8. The Bertz CT molecular complexity index is 533. The molecule has 3 N–H and O–H groups in total. The Kier molecular flexibility index (Phi) is 3.99. The van der Waals surface area contributed by atoms with Crippen molar-refractivity contribution in [3.63, 3.8) is 0 Å². The van der Waals surface area contributed by atoms with Crippen molar-refractivity contribution >= 4 is 16.8 Å². The Hall–Kier alpha value is -1.81. The highest BCUT2D eigenvalue weighted by Gasteiger charge is 2.09. The summed E-state index contributed by atoms with van der Waals surface area (Å²) < 4.78 is 0. The molecule has 0 aliphatic rings. The maximum atomic E-state index is 11.6. The summed E-state index contributed by atoms with van der Waals surface area (Å²) in [6.07, 6.45) is 2.85.